The monoisotopic (exact) mass is 373 g/mol. The lowest BCUT2D eigenvalue weighted by Crippen LogP contribution is -2.42. The number of hydrogen-bond acceptors (Lipinski definition) is 6. The van der Waals surface area contributed by atoms with Crippen LogP contribution >= 0.6 is 0 Å². The first-order chi connectivity index (χ1) is 12.9. The molecular formula is C21H27NO5. The molecule has 0 aromatic heterocycles. The molecule has 1 heterocycles. The first kappa shape index (κ1) is 19.3. The Morgan fingerprint density at radius 2 is 1.70 bits per heavy atom. The molecule has 27 heavy (non-hydrogen) atoms. The molecule has 1 aliphatic heterocycles. The van der Waals surface area contributed by atoms with E-state index in [1.165, 1.54) is 52.2 Å². The molecule has 1 aromatic carbocycles. The Labute approximate surface area is 159 Å². The molecule has 1 saturated carbocycles. The molecule has 3 rings (SSSR count). The highest BCUT2D eigenvalue weighted by Gasteiger charge is 2.38. The van der Waals surface area contributed by atoms with Crippen LogP contribution < -0.4 is 10.1 Å². The summed E-state index contributed by atoms with van der Waals surface area (Å²) in [5.74, 6) is -1.03. The van der Waals surface area contributed by atoms with Crippen molar-refractivity contribution in [2.45, 2.75) is 58.2 Å². The van der Waals surface area contributed by atoms with E-state index in [1.807, 2.05) is 24.3 Å². The van der Waals surface area contributed by atoms with Crippen LogP contribution in [0.15, 0.2) is 36.0 Å². The van der Waals surface area contributed by atoms with E-state index in [4.69, 9.17) is 14.2 Å². The van der Waals surface area contributed by atoms with E-state index in [-0.39, 0.29) is 5.57 Å². The number of carbonyl (C=O) groups is 2. The van der Waals surface area contributed by atoms with Gasteiger partial charge in [-0.3, -0.25) is 0 Å². The van der Waals surface area contributed by atoms with Gasteiger partial charge in [-0.2, -0.15) is 0 Å². The average molecular weight is 373 g/mol. The standard InChI is InChI=1S/C21H27NO5/c1-21(2)26-19(23)18(20(24)27-21)14-22-16-8-10-17(11-9-16)25-13-12-15-6-4-3-5-7-15/h8-11,14-15,22H,3-7,12-13H2,1-2H3. The van der Waals surface area contributed by atoms with E-state index < -0.39 is 17.7 Å². The summed E-state index contributed by atoms with van der Waals surface area (Å²) in [5.41, 5.74) is 0.565. The van der Waals surface area contributed by atoms with Crippen molar-refractivity contribution in [3.8, 4) is 5.75 Å². The summed E-state index contributed by atoms with van der Waals surface area (Å²) < 4.78 is 15.9. The van der Waals surface area contributed by atoms with Gasteiger partial charge in [0.05, 0.1) is 6.61 Å². The molecule has 0 bridgehead atoms. The largest absolute Gasteiger partial charge is 0.494 e. The first-order valence-electron chi connectivity index (χ1n) is 9.59. The van der Waals surface area contributed by atoms with E-state index in [1.54, 1.807) is 0 Å². The molecule has 1 saturated heterocycles. The summed E-state index contributed by atoms with van der Waals surface area (Å²) in [7, 11) is 0. The zero-order chi connectivity index (χ0) is 19.3. The van der Waals surface area contributed by atoms with Crippen LogP contribution in [0.25, 0.3) is 0 Å². The summed E-state index contributed by atoms with van der Waals surface area (Å²) >= 11 is 0. The third-order valence-electron chi connectivity index (χ3n) is 4.87. The van der Waals surface area contributed by atoms with Crippen LogP contribution in [0, 0.1) is 5.92 Å². The third-order valence-corrected chi connectivity index (χ3v) is 4.87. The zero-order valence-corrected chi connectivity index (χ0v) is 16.0. The van der Waals surface area contributed by atoms with Gasteiger partial charge in [0.15, 0.2) is 5.57 Å². The van der Waals surface area contributed by atoms with Crippen LogP contribution in [0.3, 0.4) is 0 Å². The van der Waals surface area contributed by atoms with Gasteiger partial charge in [-0.05, 0) is 36.6 Å². The number of benzene rings is 1. The van der Waals surface area contributed by atoms with Gasteiger partial charge in [0.25, 0.3) is 5.79 Å². The Morgan fingerprint density at radius 3 is 2.33 bits per heavy atom. The van der Waals surface area contributed by atoms with Gasteiger partial charge in [-0.1, -0.05) is 32.1 Å². The minimum Gasteiger partial charge on any atom is -0.494 e. The molecule has 1 N–H and O–H groups in total. The number of carbonyl (C=O) groups excluding carboxylic acids is 2. The number of hydrogen-bond donors (Lipinski definition) is 1. The Kier molecular flexibility index (Phi) is 6.04. The smallest absolute Gasteiger partial charge is 0.350 e. The number of esters is 2. The van der Waals surface area contributed by atoms with Gasteiger partial charge in [-0.15, -0.1) is 0 Å². The van der Waals surface area contributed by atoms with Crippen molar-refractivity contribution in [2.24, 2.45) is 5.92 Å². The van der Waals surface area contributed by atoms with Crippen LogP contribution in [0.4, 0.5) is 5.69 Å². The molecule has 1 aliphatic carbocycles. The average Bonchev–Trinajstić information content (AvgIpc) is 2.62. The molecular weight excluding hydrogens is 346 g/mol. The fourth-order valence-electron chi connectivity index (χ4n) is 3.40. The number of rotatable bonds is 6. The maximum absolute atomic E-state index is 11.9. The van der Waals surface area contributed by atoms with E-state index in [2.05, 4.69) is 5.32 Å². The lowest BCUT2D eigenvalue weighted by atomic mass is 9.87. The predicted molar refractivity (Wildman–Crippen MR) is 101 cm³/mol. The highest BCUT2D eigenvalue weighted by Crippen LogP contribution is 2.27. The zero-order valence-electron chi connectivity index (χ0n) is 16.0. The van der Waals surface area contributed by atoms with Gasteiger partial charge in [0.1, 0.15) is 5.75 Å². The quantitative estimate of drug-likeness (QED) is 0.458. The highest BCUT2D eigenvalue weighted by molar-refractivity contribution is 6.15. The van der Waals surface area contributed by atoms with Crippen LogP contribution in [-0.2, 0) is 19.1 Å². The van der Waals surface area contributed by atoms with Crippen LogP contribution in [-0.4, -0.2) is 24.3 Å². The maximum Gasteiger partial charge on any atom is 0.350 e. The number of anilines is 1. The second-order valence-corrected chi connectivity index (χ2v) is 7.55. The SMILES string of the molecule is CC1(C)OC(=O)C(=CNc2ccc(OCCC3CCCCC3)cc2)C(=O)O1. The van der Waals surface area contributed by atoms with Crippen molar-refractivity contribution in [1.82, 2.24) is 0 Å². The van der Waals surface area contributed by atoms with Gasteiger partial charge >= 0.3 is 11.9 Å². The number of cyclic esters (lactones) is 2. The van der Waals surface area contributed by atoms with Crippen molar-refractivity contribution >= 4 is 17.6 Å². The fraction of sp³-hybridized carbons (Fsp3) is 0.524. The minimum atomic E-state index is -1.23. The Bertz CT molecular complexity index is 680. The van der Waals surface area contributed by atoms with Crippen LogP contribution in [0.5, 0.6) is 5.75 Å². The first-order valence-corrected chi connectivity index (χ1v) is 9.59. The van der Waals surface area contributed by atoms with Crippen LogP contribution in [0.2, 0.25) is 0 Å². The maximum atomic E-state index is 11.9. The third kappa shape index (κ3) is 5.49. The minimum absolute atomic E-state index is 0.165. The topological polar surface area (TPSA) is 73.9 Å². The van der Waals surface area contributed by atoms with Crippen molar-refractivity contribution in [2.75, 3.05) is 11.9 Å². The van der Waals surface area contributed by atoms with Gasteiger partial charge in [-0.25, -0.2) is 9.59 Å². The Balaban J connectivity index is 1.49. The van der Waals surface area contributed by atoms with Crippen LogP contribution in [0.1, 0.15) is 52.4 Å². The molecule has 0 amide bonds. The van der Waals surface area contributed by atoms with Gasteiger partial charge in [0.2, 0.25) is 0 Å². The molecule has 0 radical (unpaired) electrons. The normalized spacial score (nSPS) is 19.9. The van der Waals surface area contributed by atoms with Crippen molar-refractivity contribution in [1.29, 1.82) is 0 Å². The van der Waals surface area contributed by atoms with E-state index in [9.17, 15) is 9.59 Å². The molecule has 6 heteroatoms. The summed E-state index contributed by atoms with van der Waals surface area (Å²) in [6, 6.07) is 7.39. The Hall–Kier alpha value is -2.50. The lowest BCUT2D eigenvalue weighted by Gasteiger charge is -2.29. The predicted octanol–water partition coefficient (Wildman–Crippen LogP) is 4.17. The Morgan fingerprint density at radius 1 is 1.07 bits per heavy atom. The van der Waals surface area contributed by atoms with E-state index >= 15 is 0 Å². The molecule has 0 spiro atoms. The summed E-state index contributed by atoms with van der Waals surface area (Å²) in [5, 5.41) is 2.92. The number of nitrogens with one attached hydrogen (secondary N) is 1. The van der Waals surface area contributed by atoms with Crippen molar-refractivity contribution in [3.63, 3.8) is 0 Å². The lowest BCUT2D eigenvalue weighted by molar-refractivity contribution is -0.222. The second kappa shape index (κ2) is 8.46. The molecule has 0 atom stereocenters. The molecule has 146 valence electrons. The summed E-state index contributed by atoms with van der Waals surface area (Å²) in [4.78, 5) is 23.8. The van der Waals surface area contributed by atoms with E-state index in [0.717, 1.165) is 30.4 Å². The van der Waals surface area contributed by atoms with Gasteiger partial charge < -0.3 is 19.5 Å². The summed E-state index contributed by atoms with van der Waals surface area (Å²) in [6.07, 6.45) is 9.12. The fourth-order valence-corrected chi connectivity index (χ4v) is 3.40. The highest BCUT2D eigenvalue weighted by atomic mass is 16.7. The number of ether oxygens (including phenoxy) is 3. The van der Waals surface area contributed by atoms with Crippen molar-refractivity contribution < 1.29 is 23.8 Å². The molecule has 0 unspecified atom stereocenters. The molecule has 2 fully saturated rings. The molecule has 2 aliphatic rings. The molecule has 1 aromatic rings. The van der Waals surface area contributed by atoms with E-state index in [0.29, 0.717) is 0 Å². The van der Waals surface area contributed by atoms with Gasteiger partial charge in [0, 0.05) is 25.7 Å². The molecule has 6 nitrogen and oxygen atoms in total. The second-order valence-electron chi connectivity index (χ2n) is 7.55. The summed E-state index contributed by atoms with van der Waals surface area (Å²) in [6.45, 7) is 3.76. The van der Waals surface area contributed by atoms with Crippen molar-refractivity contribution in [3.05, 3.63) is 36.0 Å².